The van der Waals surface area contributed by atoms with Crippen molar-refractivity contribution in [3.63, 3.8) is 0 Å². The molecule has 0 bridgehead atoms. The lowest BCUT2D eigenvalue weighted by atomic mass is 9.71. The van der Waals surface area contributed by atoms with Gasteiger partial charge in [0.1, 0.15) is 12.0 Å². The predicted molar refractivity (Wildman–Crippen MR) is 154 cm³/mol. The zero-order chi connectivity index (χ0) is 31.4. The fraction of sp³-hybridized carbons (Fsp3) is 0.438. The van der Waals surface area contributed by atoms with Crippen molar-refractivity contribution in [1.82, 2.24) is 15.2 Å². The second-order valence-corrected chi connectivity index (χ2v) is 10.8. The molecule has 1 aliphatic rings. The van der Waals surface area contributed by atoms with E-state index in [1.807, 2.05) is 36.4 Å². The number of benzene rings is 2. The van der Waals surface area contributed by atoms with Crippen molar-refractivity contribution in [2.75, 3.05) is 26.7 Å². The lowest BCUT2D eigenvalue weighted by molar-refractivity contribution is -0.192. The molecule has 1 fully saturated rings. The number of alkyl halides is 3. The summed E-state index contributed by atoms with van der Waals surface area (Å²) < 4.78 is 37.6. The Hall–Kier alpha value is -3.99. The monoisotopic (exact) mass is 601 g/mol. The fourth-order valence-electron chi connectivity index (χ4n) is 5.52. The first-order chi connectivity index (χ1) is 20.5. The van der Waals surface area contributed by atoms with E-state index >= 15 is 0 Å². The van der Waals surface area contributed by atoms with Gasteiger partial charge in [-0.25, -0.2) is 9.78 Å². The molecule has 2 aromatic carbocycles. The number of nitrogens with zero attached hydrogens (tertiary/aromatic N) is 2. The zero-order valence-electron chi connectivity index (χ0n) is 24.3. The molecule has 1 aromatic heterocycles. The standard InChI is InChI=1S/C30H37N3O3.C2HF3O2/c1-22(34)21-27(23-9-5-3-6-10-23)28(24-11-7-4-8-12-24)26(30-32-17-20-36-30)13-16-31-29(35)25-14-18-33(2)19-15-25;3-2(4,5)1(6)7/h3-12,17,20,25-28H,13-16,18-19,21H2,1-2H3,(H,31,35);(H,6,7). The van der Waals surface area contributed by atoms with E-state index in [2.05, 4.69) is 46.5 Å². The summed E-state index contributed by atoms with van der Waals surface area (Å²) >= 11 is 0. The van der Waals surface area contributed by atoms with Crippen molar-refractivity contribution in [1.29, 1.82) is 0 Å². The molecule has 3 unspecified atom stereocenters. The second kappa shape index (κ2) is 16.0. The lowest BCUT2D eigenvalue weighted by Gasteiger charge is -2.33. The average Bonchev–Trinajstić information content (AvgIpc) is 3.52. The van der Waals surface area contributed by atoms with Crippen molar-refractivity contribution in [2.24, 2.45) is 5.92 Å². The van der Waals surface area contributed by atoms with Crippen molar-refractivity contribution in [2.45, 2.75) is 56.5 Å². The van der Waals surface area contributed by atoms with Crippen LogP contribution >= 0.6 is 0 Å². The molecule has 2 heterocycles. The van der Waals surface area contributed by atoms with E-state index in [0.29, 0.717) is 25.3 Å². The van der Waals surface area contributed by atoms with Gasteiger partial charge in [0.25, 0.3) is 0 Å². The van der Waals surface area contributed by atoms with Crippen molar-refractivity contribution >= 4 is 17.7 Å². The number of nitrogens with one attached hydrogen (secondary N) is 1. The maximum absolute atomic E-state index is 12.9. The third-order valence-electron chi connectivity index (χ3n) is 7.64. The summed E-state index contributed by atoms with van der Waals surface area (Å²) in [6.07, 6.45) is 1.07. The summed E-state index contributed by atoms with van der Waals surface area (Å²) in [6.45, 7) is 4.09. The highest BCUT2D eigenvalue weighted by Crippen LogP contribution is 2.46. The van der Waals surface area contributed by atoms with Crippen LogP contribution in [0.4, 0.5) is 13.2 Å². The smallest absolute Gasteiger partial charge is 0.475 e. The molecule has 1 saturated heterocycles. The number of carboxylic acids is 1. The first-order valence-corrected chi connectivity index (χ1v) is 14.2. The van der Waals surface area contributed by atoms with E-state index in [-0.39, 0.29) is 35.4 Å². The zero-order valence-corrected chi connectivity index (χ0v) is 24.3. The Labute approximate surface area is 249 Å². The van der Waals surface area contributed by atoms with Crippen LogP contribution in [0.5, 0.6) is 0 Å². The Morgan fingerprint density at radius 2 is 1.56 bits per heavy atom. The summed E-state index contributed by atoms with van der Waals surface area (Å²) in [4.78, 5) is 41.1. The fourth-order valence-corrected chi connectivity index (χ4v) is 5.52. The summed E-state index contributed by atoms with van der Waals surface area (Å²) in [5.74, 6) is -1.97. The molecule has 4 rings (SSSR count). The summed E-state index contributed by atoms with van der Waals surface area (Å²) in [5, 5.41) is 10.3. The molecule has 1 aliphatic heterocycles. The van der Waals surface area contributed by atoms with Gasteiger partial charge >= 0.3 is 12.1 Å². The molecule has 3 aromatic rings. The van der Waals surface area contributed by atoms with E-state index < -0.39 is 12.1 Å². The first-order valence-electron chi connectivity index (χ1n) is 14.2. The third-order valence-corrected chi connectivity index (χ3v) is 7.64. The Kier molecular flexibility index (Phi) is 12.5. The van der Waals surface area contributed by atoms with E-state index in [1.54, 1.807) is 19.4 Å². The number of piperidine rings is 1. The predicted octanol–water partition coefficient (Wildman–Crippen LogP) is 5.79. The number of aliphatic carboxylic acids is 1. The van der Waals surface area contributed by atoms with Gasteiger partial charge in [-0.05, 0) is 63.4 Å². The molecule has 8 nitrogen and oxygen atoms in total. The molecule has 2 N–H and O–H groups in total. The number of halogens is 3. The van der Waals surface area contributed by atoms with Crippen LogP contribution < -0.4 is 5.32 Å². The maximum atomic E-state index is 12.9. The number of hydrogen-bond donors (Lipinski definition) is 2. The molecule has 11 heteroatoms. The quantitative estimate of drug-likeness (QED) is 0.286. The van der Waals surface area contributed by atoms with Gasteiger partial charge in [-0.3, -0.25) is 4.79 Å². The number of ketones is 1. The van der Waals surface area contributed by atoms with Crippen LogP contribution in [0.25, 0.3) is 0 Å². The number of amides is 1. The molecule has 0 radical (unpaired) electrons. The number of oxazole rings is 1. The minimum Gasteiger partial charge on any atom is -0.475 e. The summed E-state index contributed by atoms with van der Waals surface area (Å²) in [7, 11) is 2.10. The van der Waals surface area contributed by atoms with E-state index in [1.165, 1.54) is 0 Å². The highest BCUT2D eigenvalue weighted by Gasteiger charge is 2.38. The minimum atomic E-state index is -5.08. The normalized spacial score (nSPS) is 16.3. The van der Waals surface area contributed by atoms with Gasteiger partial charge in [-0.1, -0.05) is 60.7 Å². The van der Waals surface area contributed by atoms with E-state index in [4.69, 9.17) is 14.3 Å². The van der Waals surface area contributed by atoms with Crippen LogP contribution in [0.2, 0.25) is 0 Å². The van der Waals surface area contributed by atoms with Gasteiger partial charge in [-0.15, -0.1) is 0 Å². The van der Waals surface area contributed by atoms with Gasteiger partial charge in [-0.2, -0.15) is 13.2 Å². The molecule has 3 atom stereocenters. The average molecular weight is 602 g/mol. The topological polar surface area (TPSA) is 113 Å². The van der Waals surface area contributed by atoms with Crippen LogP contribution in [0, 0.1) is 5.92 Å². The second-order valence-electron chi connectivity index (χ2n) is 10.8. The van der Waals surface area contributed by atoms with Gasteiger partial charge in [0.05, 0.1) is 6.20 Å². The van der Waals surface area contributed by atoms with E-state index in [9.17, 15) is 22.8 Å². The van der Waals surface area contributed by atoms with E-state index in [0.717, 1.165) is 37.1 Å². The number of rotatable bonds is 11. The van der Waals surface area contributed by atoms with Gasteiger partial charge in [0.15, 0.2) is 5.89 Å². The molecule has 0 spiro atoms. The highest BCUT2D eigenvalue weighted by molar-refractivity contribution is 5.78. The van der Waals surface area contributed by atoms with Gasteiger partial charge < -0.3 is 24.5 Å². The third kappa shape index (κ3) is 10.3. The Morgan fingerprint density at radius 3 is 2.05 bits per heavy atom. The van der Waals surface area contributed by atoms with Crippen molar-refractivity contribution < 1.29 is 37.1 Å². The van der Waals surface area contributed by atoms with Crippen LogP contribution in [0.15, 0.2) is 77.5 Å². The Morgan fingerprint density at radius 1 is 1.00 bits per heavy atom. The van der Waals surface area contributed by atoms with Crippen LogP contribution in [0.3, 0.4) is 0 Å². The molecule has 1 amide bonds. The van der Waals surface area contributed by atoms with Crippen molar-refractivity contribution in [3.8, 4) is 0 Å². The van der Waals surface area contributed by atoms with Crippen LogP contribution in [0.1, 0.15) is 67.4 Å². The lowest BCUT2D eigenvalue weighted by Crippen LogP contribution is -2.39. The number of Topliss-reactive ketones (excluding diaryl/α,β-unsaturated/α-hetero) is 1. The Bertz CT molecular complexity index is 1280. The number of hydrogen-bond acceptors (Lipinski definition) is 6. The Balaban J connectivity index is 0.000000646. The number of aromatic nitrogens is 1. The maximum Gasteiger partial charge on any atom is 0.490 e. The molecular formula is C32H38F3N3O5. The largest absolute Gasteiger partial charge is 0.490 e. The molecule has 43 heavy (non-hydrogen) atoms. The number of carboxylic acid groups (broad SMARTS) is 1. The highest BCUT2D eigenvalue weighted by atomic mass is 19.4. The number of likely N-dealkylation sites (tertiary alicyclic amines) is 1. The van der Waals surface area contributed by atoms with Gasteiger partial charge in [0, 0.05) is 30.7 Å². The summed E-state index contributed by atoms with van der Waals surface area (Å²) in [5.41, 5.74) is 2.26. The molecule has 232 valence electrons. The molecular weight excluding hydrogens is 563 g/mol. The van der Waals surface area contributed by atoms with Crippen molar-refractivity contribution in [3.05, 3.63) is 90.1 Å². The van der Waals surface area contributed by atoms with Gasteiger partial charge in [0.2, 0.25) is 5.91 Å². The minimum absolute atomic E-state index is 0.0450. The molecule has 0 aliphatic carbocycles. The number of carbonyl (C=O) groups is 3. The summed E-state index contributed by atoms with van der Waals surface area (Å²) in [6, 6.07) is 20.5. The van der Waals surface area contributed by atoms with Crippen LogP contribution in [-0.4, -0.2) is 65.5 Å². The SMILES string of the molecule is CC(=O)CC(c1ccccc1)C(c1ccccc1)C(CCNC(=O)C1CCN(C)CC1)c1ncco1.O=C(O)C(F)(F)F. The van der Waals surface area contributed by atoms with Crippen LogP contribution in [-0.2, 0) is 14.4 Å². The first kappa shape index (κ1) is 33.5. The molecule has 0 saturated carbocycles. The number of carbonyl (C=O) groups excluding carboxylic acids is 2.